The highest BCUT2D eigenvalue weighted by Crippen LogP contribution is 2.16. The van der Waals surface area contributed by atoms with Crippen molar-refractivity contribution in [2.24, 2.45) is 0 Å². The zero-order valence-corrected chi connectivity index (χ0v) is 11.3. The number of carboxylic acid groups (broad SMARTS) is 1. The Balaban J connectivity index is 2.74. The molecule has 0 aliphatic rings. The Labute approximate surface area is 115 Å². The van der Waals surface area contributed by atoms with Crippen molar-refractivity contribution in [2.75, 3.05) is 0 Å². The minimum absolute atomic E-state index is 0.115. The van der Waals surface area contributed by atoms with Gasteiger partial charge >= 0.3 is 5.97 Å². The van der Waals surface area contributed by atoms with Crippen molar-refractivity contribution in [1.82, 2.24) is 9.78 Å². The molecule has 0 saturated carbocycles. The van der Waals surface area contributed by atoms with Crippen molar-refractivity contribution in [3.63, 3.8) is 0 Å². The smallest absolute Gasteiger partial charge is 0.360 e. The fourth-order valence-electron chi connectivity index (χ4n) is 1.56. The van der Waals surface area contributed by atoms with Crippen LogP contribution in [0.3, 0.4) is 0 Å². The second-order valence-electron chi connectivity index (χ2n) is 3.77. The molecule has 0 amide bonds. The standard InChI is InChI=1S/C12H8BrFN2O3/c1-6-9(13)11(17)10(12(18)19)15-16(6)8-4-2-7(14)3-5-8/h2-5H,1H3,(H,18,19). The molecule has 0 radical (unpaired) electrons. The van der Waals surface area contributed by atoms with E-state index in [2.05, 4.69) is 21.0 Å². The van der Waals surface area contributed by atoms with E-state index < -0.39 is 22.9 Å². The first-order valence-electron chi connectivity index (χ1n) is 5.20. The van der Waals surface area contributed by atoms with E-state index in [-0.39, 0.29) is 4.47 Å². The SMILES string of the molecule is Cc1c(Br)c(=O)c(C(=O)O)nn1-c1ccc(F)cc1. The molecular formula is C12H8BrFN2O3. The van der Waals surface area contributed by atoms with E-state index in [4.69, 9.17) is 5.11 Å². The summed E-state index contributed by atoms with van der Waals surface area (Å²) in [5.74, 6) is -1.83. The third kappa shape index (κ3) is 2.41. The first-order valence-corrected chi connectivity index (χ1v) is 6.00. The minimum atomic E-state index is -1.42. The molecule has 1 N–H and O–H groups in total. The van der Waals surface area contributed by atoms with E-state index in [0.717, 1.165) is 0 Å². The molecule has 0 atom stereocenters. The van der Waals surface area contributed by atoms with Crippen molar-refractivity contribution in [3.8, 4) is 5.69 Å². The van der Waals surface area contributed by atoms with Crippen molar-refractivity contribution >= 4 is 21.9 Å². The molecule has 0 bridgehead atoms. The van der Waals surface area contributed by atoms with Gasteiger partial charge < -0.3 is 5.11 Å². The average Bonchev–Trinajstić information content (AvgIpc) is 2.37. The molecule has 19 heavy (non-hydrogen) atoms. The van der Waals surface area contributed by atoms with Crippen LogP contribution in [0, 0.1) is 12.7 Å². The van der Waals surface area contributed by atoms with Gasteiger partial charge in [-0.2, -0.15) is 5.10 Å². The highest BCUT2D eigenvalue weighted by molar-refractivity contribution is 9.10. The van der Waals surface area contributed by atoms with Gasteiger partial charge in [-0.3, -0.25) is 4.79 Å². The van der Waals surface area contributed by atoms with Crippen molar-refractivity contribution in [1.29, 1.82) is 0 Å². The zero-order chi connectivity index (χ0) is 14.2. The fraction of sp³-hybridized carbons (Fsp3) is 0.0833. The summed E-state index contributed by atoms with van der Waals surface area (Å²) in [5.41, 5.74) is -0.395. The molecule has 5 nitrogen and oxygen atoms in total. The number of hydrogen-bond donors (Lipinski definition) is 1. The maximum atomic E-state index is 12.9. The Morgan fingerprint density at radius 2 is 1.95 bits per heavy atom. The maximum Gasteiger partial charge on any atom is 0.360 e. The molecule has 0 spiro atoms. The number of rotatable bonds is 2. The summed E-state index contributed by atoms with van der Waals surface area (Å²) in [4.78, 5) is 22.7. The molecule has 2 aromatic rings. The summed E-state index contributed by atoms with van der Waals surface area (Å²) in [6, 6.07) is 5.33. The number of nitrogens with zero attached hydrogens (tertiary/aromatic N) is 2. The van der Waals surface area contributed by atoms with Crippen LogP contribution in [0.1, 0.15) is 16.2 Å². The fourth-order valence-corrected chi connectivity index (χ4v) is 1.91. The number of hydrogen-bond acceptors (Lipinski definition) is 3. The lowest BCUT2D eigenvalue weighted by Gasteiger charge is -2.11. The van der Waals surface area contributed by atoms with Gasteiger partial charge in [-0.1, -0.05) is 0 Å². The summed E-state index contributed by atoms with van der Waals surface area (Å²) in [7, 11) is 0. The number of carbonyl (C=O) groups is 1. The van der Waals surface area contributed by atoms with Gasteiger partial charge in [-0.25, -0.2) is 13.9 Å². The van der Waals surface area contributed by atoms with E-state index in [9.17, 15) is 14.0 Å². The van der Waals surface area contributed by atoms with Gasteiger partial charge in [0.2, 0.25) is 11.1 Å². The molecular weight excluding hydrogens is 319 g/mol. The minimum Gasteiger partial charge on any atom is -0.476 e. The lowest BCUT2D eigenvalue weighted by atomic mass is 10.3. The van der Waals surface area contributed by atoms with Crippen LogP contribution in [0.4, 0.5) is 4.39 Å². The summed E-state index contributed by atoms with van der Waals surface area (Å²) in [5, 5.41) is 12.7. The molecule has 1 heterocycles. The van der Waals surface area contributed by atoms with Gasteiger partial charge in [0.15, 0.2) is 0 Å². The number of aromatic nitrogens is 2. The lowest BCUT2D eigenvalue weighted by Crippen LogP contribution is -2.24. The second-order valence-corrected chi connectivity index (χ2v) is 4.56. The Hall–Kier alpha value is -2.02. The van der Waals surface area contributed by atoms with E-state index in [0.29, 0.717) is 11.4 Å². The number of benzene rings is 1. The predicted octanol–water partition coefficient (Wildman–Crippen LogP) is 2.14. The summed E-state index contributed by atoms with van der Waals surface area (Å²) in [6.45, 7) is 1.60. The lowest BCUT2D eigenvalue weighted by molar-refractivity contribution is 0.0686. The Morgan fingerprint density at radius 1 is 1.37 bits per heavy atom. The monoisotopic (exact) mass is 326 g/mol. The predicted molar refractivity (Wildman–Crippen MR) is 69.2 cm³/mol. The third-order valence-electron chi connectivity index (χ3n) is 2.52. The molecule has 0 aliphatic heterocycles. The van der Waals surface area contributed by atoms with Crippen LogP contribution in [0.2, 0.25) is 0 Å². The molecule has 1 aromatic heterocycles. The summed E-state index contributed by atoms with van der Waals surface area (Å²) >= 11 is 3.05. The molecule has 98 valence electrons. The van der Waals surface area contributed by atoms with Gasteiger partial charge in [0, 0.05) is 0 Å². The highest BCUT2D eigenvalue weighted by Gasteiger charge is 2.18. The largest absolute Gasteiger partial charge is 0.476 e. The van der Waals surface area contributed by atoms with Crippen LogP contribution in [-0.2, 0) is 0 Å². The average molecular weight is 327 g/mol. The summed E-state index contributed by atoms with van der Waals surface area (Å²) in [6.07, 6.45) is 0. The maximum absolute atomic E-state index is 12.9. The summed E-state index contributed by atoms with van der Waals surface area (Å²) < 4.78 is 14.3. The molecule has 0 unspecified atom stereocenters. The second kappa shape index (κ2) is 4.93. The van der Waals surface area contributed by atoms with E-state index in [1.165, 1.54) is 28.9 Å². The van der Waals surface area contributed by atoms with Crippen molar-refractivity contribution in [2.45, 2.75) is 6.92 Å². The van der Waals surface area contributed by atoms with Gasteiger partial charge in [-0.05, 0) is 47.1 Å². The van der Waals surface area contributed by atoms with Gasteiger partial charge in [0.05, 0.1) is 15.9 Å². The first-order chi connectivity index (χ1) is 8.91. The third-order valence-corrected chi connectivity index (χ3v) is 3.46. The first kappa shape index (κ1) is 13.4. The van der Waals surface area contributed by atoms with Crippen LogP contribution >= 0.6 is 15.9 Å². The molecule has 1 aromatic carbocycles. The van der Waals surface area contributed by atoms with Gasteiger partial charge in [0.25, 0.3) is 0 Å². The van der Waals surface area contributed by atoms with Crippen LogP contribution in [0.25, 0.3) is 5.69 Å². The van der Waals surface area contributed by atoms with Crippen LogP contribution < -0.4 is 5.43 Å². The van der Waals surface area contributed by atoms with Crippen molar-refractivity contribution < 1.29 is 14.3 Å². The topological polar surface area (TPSA) is 72.2 Å². The van der Waals surface area contributed by atoms with E-state index in [1.54, 1.807) is 6.92 Å². The number of carboxylic acids is 1. The zero-order valence-electron chi connectivity index (χ0n) is 9.72. The Morgan fingerprint density at radius 3 is 2.47 bits per heavy atom. The molecule has 0 fully saturated rings. The molecule has 0 saturated heterocycles. The van der Waals surface area contributed by atoms with Gasteiger partial charge in [-0.15, -0.1) is 0 Å². The van der Waals surface area contributed by atoms with Crippen molar-refractivity contribution in [3.05, 3.63) is 56.2 Å². The van der Waals surface area contributed by atoms with Gasteiger partial charge in [0.1, 0.15) is 5.82 Å². The van der Waals surface area contributed by atoms with Crippen LogP contribution in [0.5, 0.6) is 0 Å². The Kier molecular flexibility index (Phi) is 3.48. The van der Waals surface area contributed by atoms with E-state index >= 15 is 0 Å². The molecule has 2 rings (SSSR count). The Bertz CT molecular complexity index is 710. The normalized spacial score (nSPS) is 10.5. The molecule has 0 aliphatic carbocycles. The quantitative estimate of drug-likeness (QED) is 0.917. The van der Waals surface area contributed by atoms with E-state index in [1.807, 2.05) is 0 Å². The number of halogens is 2. The van der Waals surface area contributed by atoms with Crippen LogP contribution in [0.15, 0.2) is 33.5 Å². The number of aromatic carboxylic acids is 1. The van der Waals surface area contributed by atoms with Crippen LogP contribution in [-0.4, -0.2) is 20.9 Å². The molecule has 7 heteroatoms. The highest BCUT2D eigenvalue weighted by atomic mass is 79.9.